The molecule has 0 fully saturated rings. The summed E-state index contributed by atoms with van der Waals surface area (Å²) in [5.74, 6) is 0.652. The van der Waals surface area contributed by atoms with Gasteiger partial charge in [0.15, 0.2) is 0 Å². The molecule has 2 N–H and O–H groups in total. The predicted molar refractivity (Wildman–Crippen MR) is 82.5 cm³/mol. The first kappa shape index (κ1) is 14.6. The Balaban J connectivity index is 2.24. The summed E-state index contributed by atoms with van der Waals surface area (Å²) >= 11 is 0. The second kappa shape index (κ2) is 6.57. The highest BCUT2D eigenvalue weighted by Crippen LogP contribution is 2.20. The molecule has 1 aromatic carbocycles. The third kappa shape index (κ3) is 3.39. The molecule has 1 aromatic heterocycles. The third-order valence-electron chi connectivity index (χ3n) is 3.33. The molecule has 0 saturated heterocycles. The van der Waals surface area contributed by atoms with Gasteiger partial charge in [-0.2, -0.15) is 0 Å². The molecule has 0 unspecified atom stereocenters. The average Bonchev–Trinajstić information content (AvgIpc) is 2.82. The Kier molecular flexibility index (Phi) is 4.79. The zero-order valence-electron chi connectivity index (χ0n) is 12.4. The molecular formula is C16H23N3O. The van der Waals surface area contributed by atoms with Crippen LogP contribution in [0.15, 0.2) is 30.5 Å². The summed E-state index contributed by atoms with van der Waals surface area (Å²) in [6.07, 6.45) is 1.98. The smallest absolute Gasteiger partial charge is 0.239 e. The van der Waals surface area contributed by atoms with Crippen LogP contribution < -0.4 is 10.6 Å². The highest BCUT2D eigenvalue weighted by atomic mass is 16.1. The molecule has 0 aliphatic heterocycles. The number of rotatable bonds is 6. The van der Waals surface area contributed by atoms with E-state index in [0.29, 0.717) is 12.5 Å². The molecule has 20 heavy (non-hydrogen) atoms. The summed E-state index contributed by atoms with van der Waals surface area (Å²) < 4.78 is 2.01. The first-order valence-corrected chi connectivity index (χ1v) is 7.10. The number of benzene rings is 1. The number of likely N-dealkylation sites (N-methyl/N-ethyl adjacent to an activating group) is 1. The molecule has 0 saturated carbocycles. The van der Waals surface area contributed by atoms with Crippen molar-refractivity contribution in [3.05, 3.63) is 36.0 Å². The molecular weight excluding hydrogens is 250 g/mol. The number of amides is 1. The highest BCUT2D eigenvalue weighted by molar-refractivity contribution is 5.85. The van der Waals surface area contributed by atoms with Crippen LogP contribution >= 0.6 is 0 Å². The Morgan fingerprint density at radius 2 is 2.10 bits per heavy atom. The van der Waals surface area contributed by atoms with E-state index in [1.807, 2.05) is 10.8 Å². The standard InChI is InChI=1S/C16H23N3O/c1-12(2)9-18-10-14-6-4-5-13-7-8-19(16(13)14)11-15(20)17-3/h4-8,12,18H,9-11H2,1-3H3,(H,17,20). The number of nitrogens with one attached hydrogen (secondary N) is 2. The molecule has 2 rings (SSSR count). The zero-order valence-corrected chi connectivity index (χ0v) is 12.4. The number of hydrogen-bond donors (Lipinski definition) is 2. The third-order valence-corrected chi connectivity index (χ3v) is 3.33. The maximum atomic E-state index is 11.6. The molecule has 108 valence electrons. The lowest BCUT2D eigenvalue weighted by Crippen LogP contribution is -2.23. The zero-order chi connectivity index (χ0) is 14.5. The van der Waals surface area contributed by atoms with E-state index < -0.39 is 0 Å². The molecule has 0 spiro atoms. The summed E-state index contributed by atoms with van der Waals surface area (Å²) in [5.41, 5.74) is 2.38. The van der Waals surface area contributed by atoms with Crippen LogP contribution in [-0.2, 0) is 17.9 Å². The molecule has 0 aliphatic carbocycles. The van der Waals surface area contributed by atoms with Crippen LogP contribution in [0.2, 0.25) is 0 Å². The molecule has 4 heteroatoms. The van der Waals surface area contributed by atoms with Crippen molar-refractivity contribution in [1.29, 1.82) is 0 Å². The van der Waals surface area contributed by atoms with E-state index in [1.165, 1.54) is 10.9 Å². The molecule has 4 nitrogen and oxygen atoms in total. The predicted octanol–water partition coefficient (Wildman–Crippen LogP) is 2.13. The second-order valence-corrected chi connectivity index (χ2v) is 5.50. The van der Waals surface area contributed by atoms with Crippen molar-refractivity contribution >= 4 is 16.8 Å². The fraction of sp³-hybridized carbons (Fsp3) is 0.438. The van der Waals surface area contributed by atoms with Gasteiger partial charge in [0, 0.05) is 19.8 Å². The minimum atomic E-state index is 0.0208. The molecule has 0 atom stereocenters. The van der Waals surface area contributed by atoms with E-state index in [4.69, 9.17) is 0 Å². The minimum absolute atomic E-state index is 0.0208. The minimum Gasteiger partial charge on any atom is -0.358 e. The average molecular weight is 273 g/mol. The van der Waals surface area contributed by atoms with Gasteiger partial charge in [0.1, 0.15) is 6.54 Å². The summed E-state index contributed by atoms with van der Waals surface area (Å²) in [5, 5.41) is 7.31. The number of para-hydroxylation sites is 1. The van der Waals surface area contributed by atoms with Gasteiger partial charge in [-0.1, -0.05) is 32.0 Å². The van der Waals surface area contributed by atoms with Crippen LogP contribution in [0, 0.1) is 5.92 Å². The lowest BCUT2D eigenvalue weighted by Gasteiger charge is -2.11. The van der Waals surface area contributed by atoms with Gasteiger partial charge in [-0.05, 0) is 29.5 Å². The Morgan fingerprint density at radius 1 is 1.30 bits per heavy atom. The number of carbonyl (C=O) groups is 1. The van der Waals surface area contributed by atoms with Gasteiger partial charge in [0.05, 0.1) is 5.52 Å². The van der Waals surface area contributed by atoms with E-state index >= 15 is 0 Å². The number of aromatic nitrogens is 1. The fourth-order valence-electron chi connectivity index (χ4n) is 2.34. The van der Waals surface area contributed by atoms with Crippen molar-refractivity contribution in [3.8, 4) is 0 Å². The van der Waals surface area contributed by atoms with E-state index in [-0.39, 0.29) is 5.91 Å². The molecule has 1 amide bonds. The van der Waals surface area contributed by atoms with Gasteiger partial charge in [-0.15, -0.1) is 0 Å². The topological polar surface area (TPSA) is 46.1 Å². The summed E-state index contributed by atoms with van der Waals surface area (Å²) in [6, 6.07) is 8.33. The van der Waals surface area contributed by atoms with E-state index in [0.717, 1.165) is 18.6 Å². The van der Waals surface area contributed by atoms with E-state index in [2.05, 4.69) is 48.7 Å². The number of carbonyl (C=O) groups excluding carboxylic acids is 1. The van der Waals surface area contributed by atoms with Gasteiger partial charge in [-0.3, -0.25) is 4.79 Å². The van der Waals surface area contributed by atoms with Gasteiger partial charge in [0.25, 0.3) is 0 Å². The first-order valence-electron chi connectivity index (χ1n) is 7.10. The molecule has 2 aromatic rings. The van der Waals surface area contributed by atoms with Crippen molar-refractivity contribution in [2.24, 2.45) is 5.92 Å². The van der Waals surface area contributed by atoms with Gasteiger partial charge in [-0.25, -0.2) is 0 Å². The summed E-state index contributed by atoms with van der Waals surface area (Å²) in [7, 11) is 1.67. The molecule has 1 heterocycles. The van der Waals surface area contributed by atoms with Gasteiger partial charge >= 0.3 is 0 Å². The van der Waals surface area contributed by atoms with E-state index in [1.54, 1.807) is 7.05 Å². The van der Waals surface area contributed by atoms with Crippen LogP contribution in [0.1, 0.15) is 19.4 Å². The van der Waals surface area contributed by atoms with Crippen molar-refractivity contribution in [2.75, 3.05) is 13.6 Å². The first-order chi connectivity index (χ1) is 9.61. The normalized spacial score (nSPS) is 11.2. The van der Waals surface area contributed by atoms with Crippen molar-refractivity contribution in [2.45, 2.75) is 26.9 Å². The number of nitrogens with zero attached hydrogens (tertiary/aromatic N) is 1. The van der Waals surface area contributed by atoms with Crippen molar-refractivity contribution in [1.82, 2.24) is 15.2 Å². The van der Waals surface area contributed by atoms with Crippen LogP contribution in [0.4, 0.5) is 0 Å². The fourth-order valence-corrected chi connectivity index (χ4v) is 2.34. The molecule has 0 radical (unpaired) electrons. The molecule has 0 bridgehead atoms. The van der Waals surface area contributed by atoms with Gasteiger partial charge < -0.3 is 15.2 Å². The quantitative estimate of drug-likeness (QED) is 0.847. The Bertz CT molecular complexity index is 586. The Morgan fingerprint density at radius 3 is 2.80 bits per heavy atom. The second-order valence-electron chi connectivity index (χ2n) is 5.50. The maximum Gasteiger partial charge on any atom is 0.239 e. The largest absolute Gasteiger partial charge is 0.358 e. The van der Waals surface area contributed by atoms with Crippen LogP contribution in [0.5, 0.6) is 0 Å². The maximum absolute atomic E-state index is 11.6. The summed E-state index contributed by atoms with van der Waals surface area (Å²) in [6.45, 7) is 6.57. The number of hydrogen-bond acceptors (Lipinski definition) is 2. The van der Waals surface area contributed by atoms with Gasteiger partial charge in [0.2, 0.25) is 5.91 Å². The highest BCUT2D eigenvalue weighted by Gasteiger charge is 2.09. The molecule has 0 aliphatic rings. The number of fused-ring (bicyclic) bond motifs is 1. The Hall–Kier alpha value is -1.81. The van der Waals surface area contributed by atoms with Crippen molar-refractivity contribution in [3.63, 3.8) is 0 Å². The van der Waals surface area contributed by atoms with Crippen molar-refractivity contribution < 1.29 is 4.79 Å². The van der Waals surface area contributed by atoms with Crippen LogP contribution in [0.3, 0.4) is 0 Å². The van der Waals surface area contributed by atoms with E-state index in [9.17, 15) is 4.79 Å². The lowest BCUT2D eigenvalue weighted by atomic mass is 10.1. The monoisotopic (exact) mass is 273 g/mol. The summed E-state index contributed by atoms with van der Waals surface area (Å²) in [4.78, 5) is 11.6. The van der Waals surface area contributed by atoms with Crippen LogP contribution in [-0.4, -0.2) is 24.1 Å². The Labute approximate surface area is 120 Å². The van der Waals surface area contributed by atoms with Crippen LogP contribution in [0.25, 0.3) is 10.9 Å². The lowest BCUT2D eigenvalue weighted by molar-refractivity contribution is -0.121. The SMILES string of the molecule is CNC(=O)Cn1ccc2cccc(CNCC(C)C)c21.